The van der Waals surface area contributed by atoms with Gasteiger partial charge >= 0.3 is 6.18 Å². The van der Waals surface area contributed by atoms with E-state index < -0.39 is 35.5 Å². The van der Waals surface area contributed by atoms with E-state index in [1.165, 1.54) is 0 Å². The minimum atomic E-state index is -5.13. The highest BCUT2D eigenvalue weighted by Crippen LogP contribution is 2.34. The molecular formula is C28H28F6O3. The van der Waals surface area contributed by atoms with Gasteiger partial charge in [-0.2, -0.15) is 13.2 Å². The van der Waals surface area contributed by atoms with Gasteiger partial charge in [0.2, 0.25) is 0 Å². The first kappa shape index (κ1) is 27.4. The van der Waals surface area contributed by atoms with Gasteiger partial charge in [-0.05, 0) is 54.0 Å². The second-order valence-corrected chi connectivity index (χ2v) is 9.15. The van der Waals surface area contributed by atoms with Crippen LogP contribution in [-0.4, -0.2) is 25.9 Å². The van der Waals surface area contributed by atoms with E-state index in [1.54, 1.807) is 30.3 Å². The largest absolute Gasteiger partial charge is 0.422 e. The van der Waals surface area contributed by atoms with Gasteiger partial charge in [0.05, 0.1) is 13.2 Å². The Hall–Kier alpha value is -2.62. The molecule has 0 atom stereocenters. The lowest BCUT2D eigenvalue weighted by Crippen LogP contribution is -2.33. The van der Waals surface area contributed by atoms with Gasteiger partial charge in [0.25, 0.3) is 0 Å². The van der Waals surface area contributed by atoms with Crippen molar-refractivity contribution in [2.24, 2.45) is 0 Å². The fourth-order valence-electron chi connectivity index (χ4n) is 4.39. The van der Waals surface area contributed by atoms with Crippen molar-refractivity contribution in [2.45, 2.75) is 57.6 Å². The van der Waals surface area contributed by atoms with Crippen LogP contribution >= 0.6 is 0 Å². The van der Waals surface area contributed by atoms with Crippen molar-refractivity contribution in [3.8, 4) is 0 Å². The van der Waals surface area contributed by atoms with Crippen molar-refractivity contribution in [1.82, 2.24) is 0 Å². The van der Waals surface area contributed by atoms with E-state index in [0.717, 1.165) is 24.8 Å². The third-order valence-electron chi connectivity index (χ3n) is 6.37. The van der Waals surface area contributed by atoms with E-state index >= 15 is 4.39 Å². The molecule has 200 valence electrons. The van der Waals surface area contributed by atoms with E-state index in [1.807, 2.05) is 0 Å². The van der Waals surface area contributed by atoms with Crippen molar-refractivity contribution in [2.75, 3.05) is 19.8 Å². The molecule has 0 aliphatic carbocycles. The molecule has 3 aromatic rings. The zero-order chi connectivity index (χ0) is 26.6. The summed E-state index contributed by atoms with van der Waals surface area (Å²) in [7, 11) is 0. The molecule has 3 aromatic carbocycles. The van der Waals surface area contributed by atoms with Gasteiger partial charge in [-0.15, -0.1) is 0 Å². The molecule has 1 aliphatic heterocycles. The number of hydrogen-bond donors (Lipinski definition) is 0. The fourth-order valence-corrected chi connectivity index (χ4v) is 4.39. The Kier molecular flexibility index (Phi) is 8.77. The molecule has 1 heterocycles. The number of fused-ring (bicyclic) bond motifs is 1. The number of ether oxygens (including phenoxy) is 3. The molecule has 1 aliphatic rings. The molecule has 4 rings (SSSR count). The highest BCUT2D eigenvalue weighted by atomic mass is 19.4. The van der Waals surface area contributed by atoms with E-state index in [0.29, 0.717) is 42.7 Å². The lowest BCUT2D eigenvalue weighted by Gasteiger charge is -2.29. The van der Waals surface area contributed by atoms with Gasteiger partial charge in [-0.3, -0.25) is 0 Å². The average Bonchev–Trinajstić information content (AvgIpc) is 2.85. The summed E-state index contributed by atoms with van der Waals surface area (Å²) in [6.45, 7) is 3.58. The Morgan fingerprint density at radius 3 is 2.24 bits per heavy atom. The van der Waals surface area contributed by atoms with Crippen molar-refractivity contribution in [1.29, 1.82) is 0 Å². The molecule has 0 N–H and O–H groups in total. The maximum Gasteiger partial charge on any atom is 0.422 e. The Morgan fingerprint density at radius 2 is 1.59 bits per heavy atom. The van der Waals surface area contributed by atoms with Crippen LogP contribution in [0.3, 0.4) is 0 Å². The van der Waals surface area contributed by atoms with E-state index in [4.69, 9.17) is 14.2 Å². The topological polar surface area (TPSA) is 27.7 Å². The number of halogens is 6. The van der Waals surface area contributed by atoms with Crippen LogP contribution in [0.15, 0.2) is 42.5 Å². The summed E-state index contributed by atoms with van der Waals surface area (Å²) in [4.78, 5) is 0. The lowest BCUT2D eigenvalue weighted by atomic mass is 9.98. The Balaban J connectivity index is 1.40. The number of aryl methyl sites for hydroxylation is 2. The molecule has 0 unspecified atom stereocenters. The fraction of sp³-hybridized carbons (Fsp3) is 0.429. The minimum Gasteiger partial charge on any atom is -0.373 e. The van der Waals surface area contributed by atoms with Gasteiger partial charge in [-0.1, -0.05) is 44.0 Å². The molecule has 0 spiro atoms. The lowest BCUT2D eigenvalue weighted by molar-refractivity contribution is -0.230. The Bertz CT molecular complexity index is 1200. The third kappa shape index (κ3) is 6.64. The summed E-state index contributed by atoms with van der Waals surface area (Å²) in [6.07, 6.45) is -2.60. The maximum atomic E-state index is 15.2. The van der Waals surface area contributed by atoms with Crippen molar-refractivity contribution >= 4 is 10.8 Å². The molecule has 3 nitrogen and oxygen atoms in total. The molecule has 0 saturated carbocycles. The van der Waals surface area contributed by atoms with E-state index in [-0.39, 0.29) is 30.1 Å². The van der Waals surface area contributed by atoms with Crippen LogP contribution in [0.4, 0.5) is 26.3 Å². The van der Waals surface area contributed by atoms with Crippen LogP contribution < -0.4 is 0 Å². The van der Waals surface area contributed by atoms with Crippen molar-refractivity contribution in [3.63, 3.8) is 0 Å². The smallest absolute Gasteiger partial charge is 0.373 e. The summed E-state index contributed by atoms with van der Waals surface area (Å²) >= 11 is 0. The molecule has 0 aromatic heterocycles. The zero-order valence-electron chi connectivity index (χ0n) is 20.3. The summed E-state index contributed by atoms with van der Waals surface area (Å²) in [6, 6.07) is 9.65. The molecule has 1 fully saturated rings. The normalized spacial score (nSPS) is 18.5. The standard InChI is InChI=1S/C28H28F6O3/c1-2-3-4-11-35-21-15-36-27(37-16-21)20-9-10-22-19(14-20)8-7-18(26(22)31)6-5-17-12-23(29)25(24(30)13-17)28(32,33)34/h7-10,12-14,21,27H,2-6,11,15-16H2,1H3. The number of benzene rings is 3. The summed E-state index contributed by atoms with van der Waals surface area (Å²) in [5.41, 5.74) is -0.893. The molecule has 9 heteroatoms. The van der Waals surface area contributed by atoms with E-state index in [2.05, 4.69) is 6.92 Å². The molecule has 37 heavy (non-hydrogen) atoms. The van der Waals surface area contributed by atoms with E-state index in [9.17, 15) is 22.0 Å². The average molecular weight is 527 g/mol. The highest BCUT2D eigenvalue weighted by molar-refractivity contribution is 5.84. The molecule has 0 bridgehead atoms. The Labute approximate surface area is 211 Å². The SMILES string of the molecule is CCCCCOC1COC(c2ccc3c(F)c(CCc4cc(F)c(C(F)(F)F)c(F)c4)ccc3c2)OC1. The quantitative estimate of drug-likeness (QED) is 0.211. The summed E-state index contributed by atoms with van der Waals surface area (Å²) in [5.74, 6) is -3.87. The first-order chi connectivity index (χ1) is 17.7. The number of alkyl halides is 3. The number of hydrogen-bond acceptors (Lipinski definition) is 3. The van der Waals surface area contributed by atoms with Gasteiger partial charge in [0.15, 0.2) is 6.29 Å². The van der Waals surface area contributed by atoms with Crippen LogP contribution in [0.5, 0.6) is 0 Å². The monoisotopic (exact) mass is 526 g/mol. The molecule has 0 radical (unpaired) electrons. The van der Waals surface area contributed by atoms with Crippen molar-refractivity contribution in [3.05, 3.63) is 82.2 Å². The van der Waals surface area contributed by atoms with Crippen LogP contribution in [0.1, 0.15) is 54.7 Å². The first-order valence-electron chi connectivity index (χ1n) is 12.3. The van der Waals surface area contributed by atoms with Gasteiger partial charge in [0.1, 0.15) is 29.1 Å². The first-order valence-corrected chi connectivity index (χ1v) is 12.3. The molecular weight excluding hydrogens is 498 g/mol. The van der Waals surface area contributed by atoms with Gasteiger partial charge < -0.3 is 14.2 Å². The van der Waals surface area contributed by atoms with Gasteiger partial charge in [-0.25, -0.2) is 13.2 Å². The molecule has 0 amide bonds. The number of rotatable bonds is 9. The summed E-state index contributed by atoms with van der Waals surface area (Å²) in [5, 5.41) is 0.967. The predicted octanol–water partition coefficient (Wildman–Crippen LogP) is 7.68. The van der Waals surface area contributed by atoms with Crippen LogP contribution in [0.25, 0.3) is 10.8 Å². The van der Waals surface area contributed by atoms with Crippen LogP contribution in [0.2, 0.25) is 0 Å². The predicted molar refractivity (Wildman–Crippen MR) is 127 cm³/mol. The van der Waals surface area contributed by atoms with Gasteiger partial charge in [0, 0.05) is 17.6 Å². The summed E-state index contributed by atoms with van der Waals surface area (Å²) < 4.78 is 98.6. The van der Waals surface area contributed by atoms with Crippen LogP contribution in [-0.2, 0) is 33.2 Å². The zero-order valence-corrected chi connectivity index (χ0v) is 20.3. The third-order valence-corrected chi connectivity index (χ3v) is 6.37. The second kappa shape index (κ2) is 11.8. The maximum absolute atomic E-state index is 15.2. The Morgan fingerprint density at radius 1 is 0.892 bits per heavy atom. The van der Waals surface area contributed by atoms with Crippen LogP contribution in [0, 0.1) is 17.5 Å². The number of unbranched alkanes of at least 4 members (excludes halogenated alkanes) is 2. The second-order valence-electron chi connectivity index (χ2n) is 9.15. The highest BCUT2D eigenvalue weighted by Gasteiger charge is 2.37. The minimum absolute atomic E-state index is 0.0112. The van der Waals surface area contributed by atoms with Crippen molar-refractivity contribution < 1.29 is 40.6 Å². The molecule has 1 saturated heterocycles.